The maximum atomic E-state index is 12.3. The fourth-order valence-corrected chi connectivity index (χ4v) is 2.27. The first-order chi connectivity index (χ1) is 11.5. The number of hydrogen-bond donors (Lipinski definition) is 2. The zero-order valence-electron chi connectivity index (χ0n) is 12.5. The summed E-state index contributed by atoms with van der Waals surface area (Å²) in [7, 11) is 0. The SMILES string of the molecule is Cc1cc(Nc2cc(C(=O)Nc3ccc(Cl)c(Cl)c3)ccn2)no1. The van der Waals surface area contributed by atoms with Gasteiger partial charge in [0.2, 0.25) is 0 Å². The Bertz CT molecular complexity index is 895. The van der Waals surface area contributed by atoms with Crippen LogP contribution in [0.15, 0.2) is 47.1 Å². The molecule has 0 saturated heterocycles. The van der Waals surface area contributed by atoms with Crippen LogP contribution in [0.3, 0.4) is 0 Å². The van der Waals surface area contributed by atoms with Crippen molar-refractivity contribution in [2.45, 2.75) is 6.92 Å². The Hall–Kier alpha value is -2.57. The monoisotopic (exact) mass is 362 g/mol. The Morgan fingerprint density at radius 3 is 2.62 bits per heavy atom. The van der Waals surface area contributed by atoms with E-state index < -0.39 is 0 Å². The van der Waals surface area contributed by atoms with Crippen molar-refractivity contribution in [3.8, 4) is 0 Å². The molecule has 0 aliphatic rings. The number of aryl methyl sites for hydroxylation is 1. The largest absolute Gasteiger partial charge is 0.360 e. The molecule has 0 spiro atoms. The van der Waals surface area contributed by atoms with Crippen LogP contribution < -0.4 is 10.6 Å². The molecule has 2 heterocycles. The molecule has 2 aromatic heterocycles. The van der Waals surface area contributed by atoms with Crippen LogP contribution in [0, 0.1) is 6.92 Å². The average molecular weight is 363 g/mol. The van der Waals surface area contributed by atoms with Crippen molar-refractivity contribution in [1.29, 1.82) is 0 Å². The first-order valence-corrected chi connectivity index (χ1v) is 7.69. The molecule has 6 nitrogen and oxygen atoms in total. The number of carbonyl (C=O) groups is 1. The molecule has 1 aromatic carbocycles. The predicted molar refractivity (Wildman–Crippen MR) is 93.2 cm³/mol. The second-order valence-electron chi connectivity index (χ2n) is 4.96. The van der Waals surface area contributed by atoms with Crippen LogP contribution in [0.5, 0.6) is 0 Å². The molecule has 3 rings (SSSR count). The molecule has 1 amide bonds. The van der Waals surface area contributed by atoms with Crippen molar-refractivity contribution < 1.29 is 9.32 Å². The van der Waals surface area contributed by atoms with E-state index in [0.29, 0.717) is 38.7 Å². The van der Waals surface area contributed by atoms with Gasteiger partial charge in [0.1, 0.15) is 11.6 Å². The van der Waals surface area contributed by atoms with Crippen molar-refractivity contribution in [1.82, 2.24) is 10.1 Å². The Morgan fingerprint density at radius 1 is 1.08 bits per heavy atom. The van der Waals surface area contributed by atoms with Crippen LogP contribution in [-0.2, 0) is 0 Å². The normalized spacial score (nSPS) is 10.5. The third-order valence-corrected chi connectivity index (χ3v) is 3.82. The van der Waals surface area contributed by atoms with Crippen molar-refractivity contribution in [2.75, 3.05) is 10.6 Å². The summed E-state index contributed by atoms with van der Waals surface area (Å²) in [4.78, 5) is 16.5. The van der Waals surface area contributed by atoms with Gasteiger partial charge in [-0.2, -0.15) is 0 Å². The van der Waals surface area contributed by atoms with Gasteiger partial charge in [-0.15, -0.1) is 0 Å². The summed E-state index contributed by atoms with van der Waals surface area (Å²) in [5.74, 6) is 1.37. The van der Waals surface area contributed by atoms with Crippen LogP contribution in [0.2, 0.25) is 10.0 Å². The number of benzene rings is 1. The minimum atomic E-state index is -0.296. The fourth-order valence-electron chi connectivity index (χ4n) is 1.97. The topological polar surface area (TPSA) is 80.0 Å². The molecule has 8 heteroatoms. The Labute approximate surface area is 147 Å². The lowest BCUT2D eigenvalue weighted by atomic mass is 10.2. The minimum absolute atomic E-state index is 0.296. The molecule has 0 bridgehead atoms. The number of rotatable bonds is 4. The molecule has 0 atom stereocenters. The van der Waals surface area contributed by atoms with Gasteiger partial charge < -0.3 is 15.2 Å². The number of carbonyl (C=O) groups excluding carboxylic acids is 1. The lowest BCUT2D eigenvalue weighted by molar-refractivity contribution is 0.102. The van der Waals surface area contributed by atoms with Crippen molar-refractivity contribution in [3.63, 3.8) is 0 Å². The summed E-state index contributed by atoms with van der Waals surface area (Å²) in [6.07, 6.45) is 1.53. The fraction of sp³-hybridized carbons (Fsp3) is 0.0625. The quantitative estimate of drug-likeness (QED) is 0.704. The van der Waals surface area contributed by atoms with E-state index in [9.17, 15) is 4.79 Å². The van der Waals surface area contributed by atoms with Crippen LogP contribution in [0.4, 0.5) is 17.3 Å². The summed E-state index contributed by atoms with van der Waals surface area (Å²) in [6.45, 7) is 1.78. The molecule has 24 heavy (non-hydrogen) atoms. The number of nitrogens with one attached hydrogen (secondary N) is 2. The van der Waals surface area contributed by atoms with Crippen LogP contribution in [0.1, 0.15) is 16.1 Å². The number of nitrogens with zero attached hydrogens (tertiary/aromatic N) is 2. The van der Waals surface area contributed by atoms with E-state index in [1.807, 2.05) is 0 Å². The molecule has 122 valence electrons. The number of anilines is 3. The number of amides is 1. The molecular weight excluding hydrogens is 351 g/mol. The second kappa shape index (κ2) is 6.90. The highest BCUT2D eigenvalue weighted by molar-refractivity contribution is 6.42. The van der Waals surface area contributed by atoms with Crippen molar-refractivity contribution in [2.24, 2.45) is 0 Å². The van der Waals surface area contributed by atoms with E-state index in [0.717, 1.165) is 0 Å². The first-order valence-electron chi connectivity index (χ1n) is 6.94. The van der Waals surface area contributed by atoms with Gasteiger partial charge in [0.15, 0.2) is 5.82 Å². The standard InChI is InChI=1S/C16H12Cl2N4O2/c1-9-6-15(22-24-9)21-14-7-10(4-5-19-14)16(23)20-11-2-3-12(17)13(18)8-11/h2-8H,1H3,(H,20,23)(H,19,21,22). The van der Waals surface area contributed by atoms with E-state index in [1.165, 1.54) is 6.20 Å². The third kappa shape index (κ3) is 3.84. The molecule has 0 unspecified atom stereocenters. The Morgan fingerprint density at radius 2 is 1.92 bits per heavy atom. The Balaban J connectivity index is 1.75. The van der Waals surface area contributed by atoms with E-state index >= 15 is 0 Å². The van der Waals surface area contributed by atoms with Gasteiger partial charge in [-0.3, -0.25) is 4.79 Å². The summed E-state index contributed by atoms with van der Waals surface area (Å²) < 4.78 is 4.97. The number of pyridine rings is 1. The number of hydrogen-bond acceptors (Lipinski definition) is 5. The average Bonchev–Trinajstić information content (AvgIpc) is 2.96. The molecule has 0 radical (unpaired) electrons. The van der Waals surface area contributed by atoms with Crippen LogP contribution in [-0.4, -0.2) is 16.0 Å². The smallest absolute Gasteiger partial charge is 0.255 e. The third-order valence-electron chi connectivity index (χ3n) is 3.08. The van der Waals surface area contributed by atoms with Gasteiger partial charge in [0.05, 0.1) is 10.0 Å². The molecule has 0 fully saturated rings. The first kappa shape index (κ1) is 16.3. The van der Waals surface area contributed by atoms with Crippen molar-refractivity contribution in [3.05, 3.63) is 64.0 Å². The summed E-state index contributed by atoms with van der Waals surface area (Å²) in [5.41, 5.74) is 0.978. The second-order valence-corrected chi connectivity index (χ2v) is 5.77. The van der Waals surface area contributed by atoms with E-state index in [2.05, 4.69) is 20.8 Å². The lowest BCUT2D eigenvalue weighted by Gasteiger charge is -2.08. The van der Waals surface area contributed by atoms with E-state index in [-0.39, 0.29) is 5.91 Å². The minimum Gasteiger partial charge on any atom is -0.360 e. The van der Waals surface area contributed by atoms with Gasteiger partial charge in [0.25, 0.3) is 5.91 Å². The van der Waals surface area contributed by atoms with Crippen LogP contribution >= 0.6 is 23.2 Å². The van der Waals surface area contributed by atoms with Gasteiger partial charge in [-0.1, -0.05) is 28.4 Å². The van der Waals surface area contributed by atoms with Gasteiger partial charge in [0, 0.05) is 23.5 Å². The number of aromatic nitrogens is 2. The van der Waals surface area contributed by atoms with E-state index in [4.69, 9.17) is 27.7 Å². The Kier molecular flexibility index (Phi) is 4.69. The summed E-state index contributed by atoms with van der Waals surface area (Å²) in [5, 5.41) is 10.3. The van der Waals surface area contributed by atoms with E-state index in [1.54, 1.807) is 43.3 Å². The van der Waals surface area contributed by atoms with Crippen molar-refractivity contribution >= 4 is 46.4 Å². The molecule has 0 aliphatic heterocycles. The molecule has 0 aliphatic carbocycles. The zero-order valence-corrected chi connectivity index (χ0v) is 14.0. The van der Waals surface area contributed by atoms with Crippen LogP contribution in [0.25, 0.3) is 0 Å². The lowest BCUT2D eigenvalue weighted by Crippen LogP contribution is -2.12. The highest BCUT2D eigenvalue weighted by Crippen LogP contribution is 2.25. The molecule has 0 saturated carbocycles. The predicted octanol–water partition coefficient (Wildman–Crippen LogP) is 4.68. The number of halogens is 2. The molecule has 3 aromatic rings. The summed E-state index contributed by atoms with van der Waals surface area (Å²) in [6, 6.07) is 9.81. The van der Waals surface area contributed by atoms with Gasteiger partial charge >= 0.3 is 0 Å². The maximum absolute atomic E-state index is 12.3. The highest BCUT2D eigenvalue weighted by Gasteiger charge is 2.10. The molecular formula is C16H12Cl2N4O2. The molecule has 2 N–H and O–H groups in total. The van der Waals surface area contributed by atoms with Gasteiger partial charge in [-0.25, -0.2) is 4.98 Å². The highest BCUT2D eigenvalue weighted by atomic mass is 35.5. The summed E-state index contributed by atoms with van der Waals surface area (Å²) >= 11 is 11.8. The maximum Gasteiger partial charge on any atom is 0.255 e. The zero-order chi connectivity index (χ0) is 17.1. The van der Waals surface area contributed by atoms with Gasteiger partial charge in [-0.05, 0) is 37.3 Å².